The minimum Gasteiger partial charge on any atom is -0.334 e. The van der Waals surface area contributed by atoms with Gasteiger partial charge in [0.15, 0.2) is 0 Å². The molecule has 1 rings (SSSR count). The Morgan fingerprint density at radius 2 is 2.38 bits per heavy atom. The Hall–Kier alpha value is -0.570. The fraction of sp³-hybridized carbons (Fsp3) is 0.500. The van der Waals surface area contributed by atoms with Gasteiger partial charge in [-0.1, -0.05) is 35.4 Å². The van der Waals surface area contributed by atoms with Crippen LogP contribution in [0.3, 0.4) is 0 Å². The van der Waals surface area contributed by atoms with Crippen molar-refractivity contribution in [2.45, 2.75) is 13.8 Å². The highest BCUT2D eigenvalue weighted by molar-refractivity contribution is 9.09. The number of imidazole rings is 1. The zero-order valence-corrected chi connectivity index (χ0v) is 9.87. The van der Waals surface area contributed by atoms with Crippen LogP contribution in [0.25, 0.3) is 6.08 Å². The van der Waals surface area contributed by atoms with E-state index in [9.17, 15) is 0 Å². The van der Waals surface area contributed by atoms with Gasteiger partial charge in [0.25, 0.3) is 0 Å². The van der Waals surface area contributed by atoms with E-state index in [0.29, 0.717) is 5.92 Å². The van der Waals surface area contributed by atoms with E-state index in [1.807, 2.05) is 24.1 Å². The van der Waals surface area contributed by atoms with Gasteiger partial charge in [-0.15, -0.1) is 0 Å². The van der Waals surface area contributed by atoms with Gasteiger partial charge in [-0.3, -0.25) is 0 Å². The third-order valence-electron chi connectivity index (χ3n) is 2.08. The van der Waals surface area contributed by atoms with Crippen LogP contribution in [0.5, 0.6) is 0 Å². The van der Waals surface area contributed by atoms with Crippen LogP contribution in [-0.4, -0.2) is 14.9 Å². The SMILES string of the molecule is CC(C)/C(=C/c1cncn1C)CBr. The summed E-state index contributed by atoms with van der Waals surface area (Å²) in [5.74, 6) is 0.578. The Labute approximate surface area is 87.8 Å². The summed E-state index contributed by atoms with van der Waals surface area (Å²) >= 11 is 3.49. The molecular weight excluding hydrogens is 228 g/mol. The van der Waals surface area contributed by atoms with E-state index in [2.05, 4.69) is 40.8 Å². The van der Waals surface area contributed by atoms with E-state index in [-0.39, 0.29) is 0 Å². The molecule has 1 aromatic rings. The number of rotatable bonds is 3. The Bertz CT molecular complexity index is 300. The molecule has 0 unspecified atom stereocenters. The largest absolute Gasteiger partial charge is 0.334 e. The van der Waals surface area contributed by atoms with E-state index < -0.39 is 0 Å². The molecule has 0 fully saturated rings. The van der Waals surface area contributed by atoms with E-state index in [0.717, 1.165) is 11.0 Å². The average Bonchev–Trinajstić information content (AvgIpc) is 2.46. The van der Waals surface area contributed by atoms with E-state index in [1.165, 1.54) is 5.57 Å². The molecule has 0 aliphatic heterocycles. The van der Waals surface area contributed by atoms with E-state index in [4.69, 9.17) is 0 Å². The summed E-state index contributed by atoms with van der Waals surface area (Å²) < 4.78 is 2.02. The van der Waals surface area contributed by atoms with Crippen LogP contribution in [0.2, 0.25) is 0 Å². The minimum atomic E-state index is 0.578. The molecule has 0 bridgehead atoms. The second-order valence-corrected chi connectivity index (χ2v) is 4.00. The smallest absolute Gasteiger partial charge is 0.0948 e. The monoisotopic (exact) mass is 242 g/mol. The Kier molecular flexibility index (Phi) is 3.72. The molecule has 0 spiro atoms. The topological polar surface area (TPSA) is 17.8 Å². The maximum atomic E-state index is 4.07. The van der Waals surface area contributed by atoms with Gasteiger partial charge in [-0.2, -0.15) is 0 Å². The van der Waals surface area contributed by atoms with E-state index >= 15 is 0 Å². The first kappa shape index (κ1) is 10.5. The fourth-order valence-electron chi connectivity index (χ4n) is 1.06. The van der Waals surface area contributed by atoms with Gasteiger partial charge in [0.2, 0.25) is 0 Å². The maximum Gasteiger partial charge on any atom is 0.0948 e. The van der Waals surface area contributed by atoms with Crippen molar-refractivity contribution in [2.75, 3.05) is 5.33 Å². The molecule has 0 atom stereocenters. The lowest BCUT2D eigenvalue weighted by atomic mass is 10.0. The van der Waals surface area contributed by atoms with Gasteiger partial charge in [-0.25, -0.2) is 4.98 Å². The Morgan fingerprint density at radius 1 is 1.69 bits per heavy atom. The number of hydrogen-bond acceptors (Lipinski definition) is 1. The highest BCUT2D eigenvalue weighted by Crippen LogP contribution is 2.16. The first-order valence-electron chi connectivity index (χ1n) is 4.38. The standard InChI is InChI=1S/C10H15BrN2/c1-8(2)9(5-11)4-10-6-12-7-13(10)3/h4,6-8H,5H2,1-3H3/b9-4+. The van der Waals surface area contributed by atoms with Crippen LogP contribution in [0.15, 0.2) is 18.1 Å². The molecular formula is C10H15BrN2. The number of aryl methyl sites for hydroxylation is 1. The third-order valence-corrected chi connectivity index (χ3v) is 2.73. The molecule has 1 heterocycles. The van der Waals surface area contributed by atoms with Gasteiger partial charge < -0.3 is 4.57 Å². The number of alkyl halides is 1. The van der Waals surface area contributed by atoms with Gasteiger partial charge >= 0.3 is 0 Å². The van der Waals surface area contributed by atoms with Crippen LogP contribution in [0.1, 0.15) is 19.5 Å². The molecule has 72 valence electrons. The lowest BCUT2D eigenvalue weighted by Gasteiger charge is -2.07. The predicted octanol–water partition coefficient (Wildman–Crippen LogP) is 2.85. The van der Waals surface area contributed by atoms with Crippen molar-refractivity contribution in [3.63, 3.8) is 0 Å². The highest BCUT2D eigenvalue weighted by atomic mass is 79.9. The van der Waals surface area contributed by atoms with Crippen LogP contribution in [0, 0.1) is 5.92 Å². The van der Waals surface area contributed by atoms with Crippen molar-refractivity contribution in [2.24, 2.45) is 13.0 Å². The molecule has 0 N–H and O–H groups in total. The van der Waals surface area contributed by atoms with Crippen molar-refractivity contribution in [3.8, 4) is 0 Å². The maximum absolute atomic E-state index is 4.07. The molecule has 2 nitrogen and oxygen atoms in total. The lowest BCUT2D eigenvalue weighted by molar-refractivity contribution is 0.778. The minimum absolute atomic E-state index is 0.578. The zero-order valence-electron chi connectivity index (χ0n) is 8.29. The molecule has 0 aromatic carbocycles. The summed E-state index contributed by atoms with van der Waals surface area (Å²) in [6, 6.07) is 0. The van der Waals surface area contributed by atoms with Crippen molar-refractivity contribution >= 4 is 22.0 Å². The summed E-state index contributed by atoms with van der Waals surface area (Å²) in [7, 11) is 2.00. The number of halogens is 1. The first-order chi connectivity index (χ1) is 6.15. The number of nitrogens with zero attached hydrogens (tertiary/aromatic N) is 2. The molecule has 0 aliphatic carbocycles. The van der Waals surface area contributed by atoms with Gasteiger partial charge in [0, 0.05) is 12.4 Å². The predicted molar refractivity (Wildman–Crippen MR) is 59.8 cm³/mol. The first-order valence-corrected chi connectivity index (χ1v) is 5.50. The Morgan fingerprint density at radius 3 is 2.77 bits per heavy atom. The second kappa shape index (κ2) is 4.61. The summed E-state index contributed by atoms with van der Waals surface area (Å²) in [6.07, 6.45) is 5.88. The quantitative estimate of drug-likeness (QED) is 0.746. The molecule has 0 saturated heterocycles. The van der Waals surface area contributed by atoms with Crippen molar-refractivity contribution < 1.29 is 0 Å². The average molecular weight is 243 g/mol. The Balaban J connectivity index is 2.91. The molecule has 0 amide bonds. The molecule has 13 heavy (non-hydrogen) atoms. The number of aromatic nitrogens is 2. The van der Waals surface area contributed by atoms with E-state index in [1.54, 1.807) is 0 Å². The third kappa shape index (κ3) is 2.69. The second-order valence-electron chi connectivity index (χ2n) is 3.44. The fourth-order valence-corrected chi connectivity index (χ4v) is 1.87. The summed E-state index contributed by atoms with van der Waals surface area (Å²) in [4.78, 5) is 4.07. The van der Waals surface area contributed by atoms with Crippen LogP contribution >= 0.6 is 15.9 Å². The normalized spacial score (nSPS) is 12.5. The molecule has 0 aliphatic rings. The van der Waals surface area contributed by atoms with Crippen molar-refractivity contribution in [1.82, 2.24) is 9.55 Å². The van der Waals surface area contributed by atoms with Crippen molar-refractivity contribution in [1.29, 1.82) is 0 Å². The van der Waals surface area contributed by atoms with Gasteiger partial charge in [0.1, 0.15) is 0 Å². The molecule has 3 heteroatoms. The number of hydrogen-bond donors (Lipinski definition) is 0. The van der Waals surface area contributed by atoms with Gasteiger partial charge in [0.05, 0.1) is 18.2 Å². The number of allylic oxidation sites excluding steroid dienone is 1. The van der Waals surface area contributed by atoms with Crippen LogP contribution in [0.4, 0.5) is 0 Å². The molecule has 1 aromatic heterocycles. The highest BCUT2D eigenvalue weighted by Gasteiger charge is 2.02. The summed E-state index contributed by atoms with van der Waals surface area (Å²) in [5, 5.41) is 0.926. The van der Waals surface area contributed by atoms with Crippen LogP contribution in [-0.2, 0) is 7.05 Å². The van der Waals surface area contributed by atoms with Crippen molar-refractivity contribution in [3.05, 3.63) is 23.8 Å². The summed E-state index contributed by atoms with van der Waals surface area (Å²) in [5.41, 5.74) is 2.55. The van der Waals surface area contributed by atoms with Crippen LogP contribution < -0.4 is 0 Å². The lowest BCUT2D eigenvalue weighted by Crippen LogP contribution is -1.97. The molecule has 0 radical (unpaired) electrons. The summed E-state index contributed by atoms with van der Waals surface area (Å²) in [6.45, 7) is 4.40. The van der Waals surface area contributed by atoms with Gasteiger partial charge in [-0.05, 0) is 12.0 Å². The zero-order chi connectivity index (χ0) is 9.84. The molecule has 0 saturated carbocycles.